The summed E-state index contributed by atoms with van der Waals surface area (Å²) in [6.07, 6.45) is -0.173. The number of fused-ring (bicyclic) bond motifs is 2. The number of carbonyl (C=O) groups is 1. The van der Waals surface area contributed by atoms with Gasteiger partial charge in [-0.3, -0.25) is 9.36 Å². The summed E-state index contributed by atoms with van der Waals surface area (Å²) in [5.74, 6) is -0.0344. The first-order valence-electron chi connectivity index (χ1n) is 11.6. The van der Waals surface area contributed by atoms with Gasteiger partial charge in [-0.15, -0.1) is 0 Å². The largest absolute Gasteiger partial charge is 0.489 e. The third-order valence-corrected chi connectivity index (χ3v) is 7.53. The zero-order chi connectivity index (χ0) is 25.1. The van der Waals surface area contributed by atoms with Gasteiger partial charge in [-0.25, -0.2) is 0 Å². The Labute approximate surface area is 209 Å². The molecule has 0 heterocycles. The summed E-state index contributed by atoms with van der Waals surface area (Å²) < 4.78 is 18.8. The van der Waals surface area contributed by atoms with Gasteiger partial charge in [0.15, 0.2) is 5.78 Å². The van der Waals surface area contributed by atoms with E-state index in [1.165, 1.54) is 0 Å². The molecule has 0 aromatic heterocycles. The van der Waals surface area contributed by atoms with Crippen LogP contribution in [0.15, 0.2) is 109 Å². The summed E-state index contributed by atoms with van der Waals surface area (Å²) in [6.45, 7) is 0.311. The second kappa shape index (κ2) is 10.1. The Morgan fingerprint density at radius 3 is 2.08 bits per heavy atom. The molecule has 0 aliphatic carbocycles. The molecule has 0 radical (unpaired) electrons. The number of ketones is 1. The highest BCUT2D eigenvalue weighted by molar-refractivity contribution is 7.53. The van der Waals surface area contributed by atoms with Gasteiger partial charge in [0.1, 0.15) is 18.0 Å². The maximum atomic E-state index is 13.6. The van der Waals surface area contributed by atoms with Crippen LogP contribution in [0.5, 0.6) is 5.75 Å². The van der Waals surface area contributed by atoms with Gasteiger partial charge in [-0.2, -0.15) is 0 Å². The van der Waals surface area contributed by atoms with Crippen LogP contribution in [0.4, 0.5) is 0 Å². The number of ether oxygens (including phenoxy) is 1. The van der Waals surface area contributed by atoms with Gasteiger partial charge in [-0.1, -0.05) is 97.1 Å². The van der Waals surface area contributed by atoms with Gasteiger partial charge < -0.3 is 14.5 Å². The molecule has 2 N–H and O–H groups in total. The van der Waals surface area contributed by atoms with Crippen LogP contribution in [0.2, 0.25) is 0 Å². The van der Waals surface area contributed by atoms with Crippen molar-refractivity contribution in [2.45, 2.75) is 18.7 Å². The predicted molar refractivity (Wildman–Crippen MR) is 142 cm³/mol. The van der Waals surface area contributed by atoms with Crippen molar-refractivity contribution in [3.8, 4) is 5.75 Å². The molecule has 5 rings (SSSR count). The Balaban J connectivity index is 1.54. The summed E-state index contributed by atoms with van der Waals surface area (Å²) >= 11 is 0. The predicted octanol–water partition coefficient (Wildman–Crippen LogP) is 6.60. The number of Topliss-reactive ketones (excluding diaryl/α,β-unsaturated/α-hetero) is 1. The molecular formula is C30H25O5P. The quantitative estimate of drug-likeness (QED) is 0.236. The SMILES string of the molecule is O=C(Cc1cc2ccccc2cc1OCc1ccccc1)C(c1cccc2ccccc12)P(=O)(O)O. The van der Waals surface area contributed by atoms with E-state index in [2.05, 4.69) is 0 Å². The molecule has 0 spiro atoms. The van der Waals surface area contributed by atoms with Crippen LogP contribution in [0.3, 0.4) is 0 Å². The average Bonchev–Trinajstić information content (AvgIpc) is 2.87. The van der Waals surface area contributed by atoms with Crippen molar-refractivity contribution in [1.29, 1.82) is 0 Å². The van der Waals surface area contributed by atoms with E-state index < -0.39 is 19.0 Å². The smallest absolute Gasteiger partial charge is 0.340 e. The molecule has 5 aromatic carbocycles. The van der Waals surface area contributed by atoms with E-state index >= 15 is 0 Å². The van der Waals surface area contributed by atoms with Crippen molar-refractivity contribution in [1.82, 2.24) is 0 Å². The fourth-order valence-electron chi connectivity index (χ4n) is 4.59. The summed E-state index contributed by atoms with van der Waals surface area (Å²) in [7, 11) is -4.81. The number of hydrogen-bond donors (Lipinski definition) is 2. The molecule has 1 unspecified atom stereocenters. The molecule has 5 aromatic rings. The van der Waals surface area contributed by atoms with E-state index in [0.717, 1.165) is 21.7 Å². The van der Waals surface area contributed by atoms with E-state index in [1.807, 2.05) is 84.9 Å². The minimum Gasteiger partial charge on any atom is -0.489 e. The summed E-state index contributed by atoms with van der Waals surface area (Å²) in [5, 5.41) is 3.35. The molecule has 0 fully saturated rings. The zero-order valence-electron chi connectivity index (χ0n) is 19.5. The van der Waals surface area contributed by atoms with Crippen molar-refractivity contribution in [2.24, 2.45) is 0 Å². The third kappa shape index (κ3) is 5.09. The Morgan fingerprint density at radius 2 is 1.36 bits per heavy atom. The van der Waals surface area contributed by atoms with Crippen molar-refractivity contribution < 1.29 is 23.9 Å². The highest BCUT2D eigenvalue weighted by atomic mass is 31.2. The topological polar surface area (TPSA) is 83.8 Å². The highest BCUT2D eigenvalue weighted by Crippen LogP contribution is 2.54. The molecular weight excluding hydrogens is 471 g/mol. The molecule has 180 valence electrons. The monoisotopic (exact) mass is 496 g/mol. The van der Waals surface area contributed by atoms with Gasteiger partial charge in [0, 0.05) is 12.0 Å². The fraction of sp³-hybridized carbons (Fsp3) is 0.100. The molecule has 0 bridgehead atoms. The number of rotatable bonds is 8. The standard InChI is InChI=1S/C30H25O5P/c31-28(30(36(32,33)34)27-16-8-14-22-11-6-7-15-26(22)27)18-25-17-23-12-4-5-13-24(23)19-29(25)35-20-21-9-2-1-3-10-21/h1-17,19,30H,18,20H2,(H2,32,33,34). The summed E-state index contributed by atoms with van der Waals surface area (Å²) in [5.41, 5.74) is 0.330. The number of carbonyl (C=O) groups excluding carboxylic acids is 1. The molecule has 5 nitrogen and oxygen atoms in total. The Bertz CT molecular complexity index is 1580. The normalized spacial score (nSPS) is 12.5. The second-order valence-corrected chi connectivity index (χ2v) is 10.5. The molecule has 0 amide bonds. The van der Waals surface area contributed by atoms with E-state index in [-0.39, 0.29) is 6.42 Å². The van der Waals surface area contributed by atoms with Crippen LogP contribution in [-0.4, -0.2) is 15.6 Å². The molecule has 0 aliphatic heterocycles. The lowest BCUT2D eigenvalue weighted by atomic mass is 9.96. The second-order valence-electron chi connectivity index (χ2n) is 8.78. The van der Waals surface area contributed by atoms with Crippen molar-refractivity contribution in [2.75, 3.05) is 0 Å². The molecule has 1 atom stereocenters. The van der Waals surface area contributed by atoms with Crippen molar-refractivity contribution >= 4 is 34.9 Å². The first kappa shape index (κ1) is 24.0. The molecule has 0 saturated heterocycles. The minimum absolute atomic E-state index is 0.173. The zero-order valence-corrected chi connectivity index (χ0v) is 20.3. The van der Waals surface area contributed by atoms with Crippen LogP contribution in [0.1, 0.15) is 22.3 Å². The molecule has 36 heavy (non-hydrogen) atoms. The van der Waals surface area contributed by atoms with E-state index in [0.29, 0.717) is 28.9 Å². The van der Waals surface area contributed by atoms with Crippen molar-refractivity contribution in [3.63, 3.8) is 0 Å². The Morgan fingerprint density at radius 1 is 0.750 bits per heavy atom. The molecule has 0 saturated carbocycles. The first-order chi connectivity index (χ1) is 17.4. The van der Waals surface area contributed by atoms with Crippen molar-refractivity contribution in [3.05, 3.63) is 126 Å². The van der Waals surface area contributed by atoms with E-state index in [1.54, 1.807) is 24.3 Å². The minimum atomic E-state index is -4.81. The lowest BCUT2D eigenvalue weighted by Gasteiger charge is -2.21. The lowest BCUT2D eigenvalue weighted by Crippen LogP contribution is -2.16. The van der Waals surface area contributed by atoms with Gasteiger partial charge in [-0.05, 0) is 44.8 Å². The van der Waals surface area contributed by atoms with E-state index in [4.69, 9.17) is 4.74 Å². The third-order valence-electron chi connectivity index (χ3n) is 6.29. The van der Waals surface area contributed by atoms with Gasteiger partial charge in [0.05, 0.1) is 0 Å². The van der Waals surface area contributed by atoms with Crippen LogP contribution >= 0.6 is 7.60 Å². The highest BCUT2D eigenvalue weighted by Gasteiger charge is 2.38. The average molecular weight is 496 g/mol. The molecule has 6 heteroatoms. The fourth-order valence-corrected chi connectivity index (χ4v) is 5.64. The lowest BCUT2D eigenvalue weighted by molar-refractivity contribution is -0.118. The van der Waals surface area contributed by atoms with Gasteiger partial charge >= 0.3 is 7.60 Å². The maximum absolute atomic E-state index is 13.6. The summed E-state index contributed by atoms with van der Waals surface area (Å²) in [6, 6.07) is 33.7. The van der Waals surface area contributed by atoms with Crippen LogP contribution < -0.4 is 4.74 Å². The van der Waals surface area contributed by atoms with Gasteiger partial charge in [0.25, 0.3) is 0 Å². The van der Waals surface area contributed by atoms with Crippen LogP contribution in [0.25, 0.3) is 21.5 Å². The van der Waals surface area contributed by atoms with Crippen LogP contribution in [-0.2, 0) is 22.4 Å². The van der Waals surface area contributed by atoms with Crippen LogP contribution in [0, 0.1) is 0 Å². The Kier molecular flexibility index (Phi) is 6.71. The van der Waals surface area contributed by atoms with E-state index in [9.17, 15) is 19.1 Å². The first-order valence-corrected chi connectivity index (χ1v) is 13.3. The molecule has 0 aliphatic rings. The maximum Gasteiger partial charge on any atom is 0.340 e. The summed E-state index contributed by atoms with van der Waals surface area (Å²) in [4.78, 5) is 34.2. The van der Waals surface area contributed by atoms with Gasteiger partial charge in [0.2, 0.25) is 0 Å². The Hall–Kier alpha value is -3.76. The number of hydrogen-bond acceptors (Lipinski definition) is 3. The number of benzene rings is 5.